The highest BCUT2D eigenvalue weighted by Crippen LogP contribution is 2.18. The van der Waals surface area contributed by atoms with Crippen LogP contribution in [0.1, 0.15) is 335 Å². The molecule has 0 aliphatic heterocycles. The molecule has 0 aromatic heterocycles. The van der Waals surface area contributed by atoms with Gasteiger partial charge < -0.3 is 14.2 Å². The third-order valence-electron chi connectivity index (χ3n) is 13.7. The first-order chi connectivity index (χ1) is 33.5. The van der Waals surface area contributed by atoms with Crippen molar-refractivity contribution in [3.05, 3.63) is 24.3 Å². The summed E-state index contributed by atoms with van der Waals surface area (Å²) in [4.78, 5) is 37.9. The average molecular weight is 958 g/mol. The van der Waals surface area contributed by atoms with E-state index in [9.17, 15) is 14.4 Å². The number of hydrogen-bond acceptors (Lipinski definition) is 6. The minimum absolute atomic E-state index is 0.0701. The molecule has 0 spiro atoms. The molecule has 6 heteroatoms. The molecule has 1 atom stereocenters. The molecular formula is C62H116O6. The van der Waals surface area contributed by atoms with E-state index in [1.165, 1.54) is 225 Å². The maximum Gasteiger partial charge on any atom is 0.306 e. The molecule has 0 amide bonds. The Morgan fingerprint density at radius 3 is 0.824 bits per heavy atom. The Morgan fingerprint density at radius 1 is 0.294 bits per heavy atom. The zero-order valence-electron chi connectivity index (χ0n) is 45.9. The summed E-state index contributed by atoms with van der Waals surface area (Å²) in [6, 6.07) is 0. The highest BCUT2D eigenvalue weighted by Gasteiger charge is 2.19. The Hall–Kier alpha value is -2.11. The van der Waals surface area contributed by atoms with Gasteiger partial charge in [-0.15, -0.1) is 0 Å². The van der Waals surface area contributed by atoms with Crippen LogP contribution >= 0.6 is 0 Å². The van der Waals surface area contributed by atoms with Crippen LogP contribution in [0.15, 0.2) is 24.3 Å². The lowest BCUT2D eigenvalue weighted by Crippen LogP contribution is -2.30. The van der Waals surface area contributed by atoms with Crippen LogP contribution < -0.4 is 0 Å². The molecule has 6 nitrogen and oxygen atoms in total. The molecule has 0 rings (SSSR count). The Bertz CT molecular complexity index is 1100. The Kier molecular flexibility index (Phi) is 55.7. The minimum atomic E-state index is -0.769. The standard InChI is InChI=1S/C62H116O6/c1-4-7-10-13-16-18-20-22-24-26-28-29-30-31-32-33-34-35-37-38-40-42-44-46-49-52-55-61(64)67-58-59(57-66-60(63)54-51-48-15-12-9-6-3)68-62(65)56-53-50-47-45-43-41-39-36-27-25-23-21-19-17-14-11-8-5-2/h19,21,25,27,59H,4-18,20,22-24,26,28-58H2,1-3H3/b21-19-,27-25-. The van der Waals surface area contributed by atoms with Crippen molar-refractivity contribution in [1.82, 2.24) is 0 Å². The molecule has 68 heavy (non-hydrogen) atoms. The molecule has 0 fully saturated rings. The van der Waals surface area contributed by atoms with Crippen molar-refractivity contribution >= 4 is 17.9 Å². The number of rotatable bonds is 56. The van der Waals surface area contributed by atoms with Gasteiger partial charge in [-0.3, -0.25) is 14.4 Å². The fourth-order valence-electron chi connectivity index (χ4n) is 9.12. The lowest BCUT2D eigenvalue weighted by molar-refractivity contribution is -0.167. The normalized spacial score (nSPS) is 12.1. The molecule has 400 valence electrons. The van der Waals surface area contributed by atoms with Crippen molar-refractivity contribution in [3.8, 4) is 0 Å². The van der Waals surface area contributed by atoms with Crippen molar-refractivity contribution in [2.45, 2.75) is 341 Å². The minimum Gasteiger partial charge on any atom is -0.462 e. The van der Waals surface area contributed by atoms with Crippen LogP contribution in [-0.4, -0.2) is 37.2 Å². The van der Waals surface area contributed by atoms with Crippen LogP contribution in [0.5, 0.6) is 0 Å². The van der Waals surface area contributed by atoms with Gasteiger partial charge >= 0.3 is 17.9 Å². The Balaban J connectivity index is 4.04. The van der Waals surface area contributed by atoms with Gasteiger partial charge in [-0.1, -0.05) is 289 Å². The van der Waals surface area contributed by atoms with E-state index in [1.54, 1.807) is 0 Å². The summed E-state index contributed by atoms with van der Waals surface area (Å²) >= 11 is 0. The van der Waals surface area contributed by atoms with Gasteiger partial charge in [-0.2, -0.15) is 0 Å². The first kappa shape index (κ1) is 65.9. The second-order valence-electron chi connectivity index (χ2n) is 20.6. The zero-order valence-corrected chi connectivity index (χ0v) is 45.9. The molecule has 0 aliphatic rings. The summed E-state index contributed by atoms with van der Waals surface area (Å²) in [7, 11) is 0. The van der Waals surface area contributed by atoms with Crippen LogP contribution in [0.4, 0.5) is 0 Å². The average Bonchev–Trinajstić information content (AvgIpc) is 3.34. The third-order valence-corrected chi connectivity index (χ3v) is 13.7. The van der Waals surface area contributed by atoms with Crippen molar-refractivity contribution in [1.29, 1.82) is 0 Å². The van der Waals surface area contributed by atoms with Gasteiger partial charge in [-0.25, -0.2) is 0 Å². The second-order valence-corrected chi connectivity index (χ2v) is 20.6. The van der Waals surface area contributed by atoms with Gasteiger partial charge in [0.2, 0.25) is 0 Å². The van der Waals surface area contributed by atoms with Crippen molar-refractivity contribution in [2.75, 3.05) is 13.2 Å². The van der Waals surface area contributed by atoms with Crippen LogP contribution in [0.2, 0.25) is 0 Å². The molecule has 0 aliphatic carbocycles. The molecular weight excluding hydrogens is 841 g/mol. The molecule has 1 unspecified atom stereocenters. The molecule has 0 saturated heterocycles. The van der Waals surface area contributed by atoms with Gasteiger partial charge in [0, 0.05) is 19.3 Å². The number of esters is 3. The monoisotopic (exact) mass is 957 g/mol. The van der Waals surface area contributed by atoms with Gasteiger partial charge in [0.05, 0.1) is 0 Å². The topological polar surface area (TPSA) is 78.9 Å². The van der Waals surface area contributed by atoms with Crippen LogP contribution in [0, 0.1) is 0 Å². The summed E-state index contributed by atoms with van der Waals surface area (Å²) in [6.45, 7) is 6.61. The maximum atomic E-state index is 12.8. The Labute approximate surface area is 423 Å². The van der Waals surface area contributed by atoms with E-state index < -0.39 is 6.10 Å². The summed E-state index contributed by atoms with van der Waals surface area (Å²) < 4.78 is 16.8. The number of hydrogen-bond donors (Lipinski definition) is 0. The molecule has 0 bridgehead atoms. The second kappa shape index (κ2) is 57.5. The molecule has 0 saturated carbocycles. The van der Waals surface area contributed by atoms with Crippen molar-refractivity contribution < 1.29 is 28.6 Å². The summed E-state index contributed by atoms with van der Waals surface area (Å²) in [5.41, 5.74) is 0. The SMILES string of the molecule is CCCCCC/C=C\C/C=C\CCCCCCCCCC(=O)OC(COC(=O)CCCCCCCC)COC(=O)CCCCCCCCCCCCCCCCCCCCCCCCCCCC. The smallest absolute Gasteiger partial charge is 0.306 e. The number of carbonyl (C=O) groups excluding carboxylic acids is 3. The number of unbranched alkanes of at least 4 members (excludes halogenated alkanes) is 41. The molecule has 0 aromatic rings. The largest absolute Gasteiger partial charge is 0.462 e. The number of ether oxygens (including phenoxy) is 3. The summed E-state index contributed by atoms with van der Waals surface area (Å²) in [5, 5.41) is 0. The number of allylic oxidation sites excluding steroid dienone is 4. The highest BCUT2D eigenvalue weighted by atomic mass is 16.6. The first-order valence-electron chi connectivity index (χ1n) is 30.3. The van der Waals surface area contributed by atoms with E-state index >= 15 is 0 Å². The third kappa shape index (κ3) is 54.8. The van der Waals surface area contributed by atoms with E-state index in [1.807, 2.05) is 0 Å². The predicted molar refractivity (Wildman–Crippen MR) is 293 cm³/mol. The van der Waals surface area contributed by atoms with Crippen LogP contribution in [0.25, 0.3) is 0 Å². The first-order valence-corrected chi connectivity index (χ1v) is 30.3. The van der Waals surface area contributed by atoms with E-state index in [4.69, 9.17) is 14.2 Å². The molecule has 0 radical (unpaired) electrons. The lowest BCUT2D eigenvalue weighted by atomic mass is 10.0. The van der Waals surface area contributed by atoms with E-state index in [0.717, 1.165) is 70.6 Å². The zero-order chi connectivity index (χ0) is 49.3. The van der Waals surface area contributed by atoms with E-state index in [0.29, 0.717) is 19.3 Å². The lowest BCUT2D eigenvalue weighted by Gasteiger charge is -2.18. The van der Waals surface area contributed by atoms with Gasteiger partial charge in [0.25, 0.3) is 0 Å². The quantitative estimate of drug-likeness (QED) is 0.0262. The maximum absolute atomic E-state index is 12.8. The highest BCUT2D eigenvalue weighted by molar-refractivity contribution is 5.71. The molecule has 0 N–H and O–H groups in total. The van der Waals surface area contributed by atoms with Gasteiger partial charge in [-0.05, 0) is 51.4 Å². The molecule has 0 heterocycles. The van der Waals surface area contributed by atoms with Crippen LogP contribution in [-0.2, 0) is 28.6 Å². The van der Waals surface area contributed by atoms with E-state index in [2.05, 4.69) is 45.1 Å². The van der Waals surface area contributed by atoms with Crippen molar-refractivity contribution in [2.24, 2.45) is 0 Å². The summed E-state index contributed by atoms with van der Waals surface area (Å²) in [5.74, 6) is -0.868. The van der Waals surface area contributed by atoms with Gasteiger partial charge in [0.15, 0.2) is 6.10 Å². The van der Waals surface area contributed by atoms with Gasteiger partial charge in [0.1, 0.15) is 13.2 Å². The van der Waals surface area contributed by atoms with Crippen LogP contribution in [0.3, 0.4) is 0 Å². The fourth-order valence-corrected chi connectivity index (χ4v) is 9.12. The number of carbonyl (C=O) groups is 3. The fraction of sp³-hybridized carbons (Fsp3) is 0.887. The summed E-state index contributed by atoms with van der Waals surface area (Å²) in [6.07, 6.45) is 67.9. The van der Waals surface area contributed by atoms with E-state index in [-0.39, 0.29) is 31.1 Å². The molecule has 0 aromatic carbocycles. The van der Waals surface area contributed by atoms with Crippen molar-refractivity contribution in [3.63, 3.8) is 0 Å². The predicted octanol–water partition coefficient (Wildman–Crippen LogP) is 20.3. The Morgan fingerprint density at radius 2 is 0.529 bits per heavy atom.